The number of fused-ring (bicyclic) bond motifs is 8. The Morgan fingerprint density at radius 3 is 1.98 bits per heavy atom. The summed E-state index contributed by atoms with van der Waals surface area (Å²) in [5.74, 6) is 1.96. The van der Waals surface area contributed by atoms with E-state index in [1.165, 1.54) is 52.8 Å². The zero-order valence-corrected chi connectivity index (χ0v) is 26.5. The Balaban J connectivity index is 1.21. The minimum Gasteiger partial charge on any atom is -0.309 e. The molecule has 5 heteroatoms. The van der Waals surface area contributed by atoms with Gasteiger partial charge in [0.15, 0.2) is 17.5 Å². The minimum absolute atomic E-state index is 0.642. The van der Waals surface area contributed by atoms with E-state index in [9.17, 15) is 0 Å². The second-order valence-electron chi connectivity index (χ2n) is 12.0. The van der Waals surface area contributed by atoms with Gasteiger partial charge < -0.3 is 4.57 Å². The fourth-order valence-corrected chi connectivity index (χ4v) is 8.24. The molecule has 0 saturated heterocycles. The maximum atomic E-state index is 5.20. The predicted molar refractivity (Wildman–Crippen MR) is 201 cm³/mol. The molecule has 0 atom stereocenters. The third-order valence-corrected chi connectivity index (χ3v) is 10.4. The number of thiophene rings is 1. The number of benzene rings is 7. The molecule has 0 aliphatic heterocycles. The van der Waals surface area contributed by atoms with E-state index >= 15 is 0 Å². The van der Waals surface area contributed by atoms with Crippen LogP contribution < -0.4 is 0 Å². The molecule has 0 amide bonds. The van der Waals surface area contributed by atoms with Crippen LogP contribution in [0.3, 0.4) is 0 Å². The maximum Gasteiger partial charge on any atom is 0.164 e. The van der Waals surface area contributed by atoms with Crippen molar-refractivity contribution < 1.29 is 0 Å². The molecule has 0 saturated carbocycles. The second-order valence-corrected chi connectivity index (χ2v) is 13.1. The molecular formula is C43H26N4S. The summed E-state index contributed by atoms with van der Waals surface area (Å²) in [4.78, 5) is 15.4. The molecule has 3 aromatic heterocycles. The van der Waals surface area contributed by atoms with Crippen LogP contribution in [0.1, 0.15) is 0 Å². The van der Waals surface area contributed by atoms with E-state index < -0.39 is 0 Å². The molecule has 10 rings (SSSR count). The van der Waals surface area contributed by atoms with Gasteiger partial charge in [0.25, 0.3) is 0 Å². The van der Waals surface area contributed by atoms with E-state index in [0.29, 0.717) is 17.5 Å². The predicted octanol–water partition coefficient (Wildman–Crippen LogP) is 11.5. The van der Waals surface area contributed by atoms with Crippen molar-refractivity contribution in [2.75, 3.05) is 0 Å². The monoisotopic (exact) mass is 630 g/mol. The van der Waals surface area contributed by atoms with Crippen LogP contribution in [-0.4, -0.2) is 19.5 Å². The van der Waals surface area contributed by atoms with Gasteiger partial charge in [-0.25, -0.2) is 15.0 Å². The van der Waals surface area contributed by atoms with Gasteiger partial charge in [-0.1, -0.05) is 121 Å². The topological polar surface area (TPSA) is 43.6 Å². The highest BCUT2D eigenvalue weighted by atomic mass is 32.1. The van der Waals surface area contributed by atoms with Crippen molar-refractivity contribution in [1.29, 1.82) is 0 Å². The van der Waals surface area contributed by atoms with Crippen LogP contribution >= 0.6 is 11.3 Å². The van der Waals surface area contributed by atoms with Crippen LogP contribution in [0.15, 0.2) is 158 Å². The van der Waals surface area contributed by atoms with Gasteiger partial charge in [0, 0.05) is 53.3 Å². The lowest BCUT2D eigenvalue weighted by molar-refractivity contribution is 1.07. The zero-order valence-electron chi connectivity index (χ0n) is 25.7. The second kappa shape index (κ2) is 10.7. The molecule has 0 N–H and O–H groups in total. The number of para-hydroxylation sites is 1. The lowest BCUT2D eigenvalue weighted by Gasteiger charge is -2.12. The lowest BCUT2D eigenvalue weighted by Crippen LogP contribution is -2.01. The average molecular weight is 631 g/mol. The van der Waals surface area contributed by atoms with Gasteiger partial charge in [-0.3, -0.25) is 0 Å². The number of rotatable bonds is 4. The first-order chi connectivity index (χ1) is 23.8. The molecule has 0 aliphatic rings. The molecule has 48 heavy (non-hydrogen) atoms. The van der Waals surface area contributed by atoms with Crippen molar-refractivity contribution in [2.24, 2.45) is 0 Å². The van der Waals surface area contributed by atoms with Gasteiger partial charge in [-0.05, 0) is 47.2 Å². The largest absolute Gasteiger partial charge is 0.309 e. The average Bonchev–Trinajstić information content (AvgIpc) is 3.71. The van der Waals surface area contributed by atoms with Gasteiger partial charge in [-0.2, -0.15) is 0 Å². The first-order valence-corrected chi connectivity index (χ1v) is 16.9. The Morgan fingerprint density at radius 2 is 1.08 bits per heavy atom. The highest BCUT2D eigenvalue weighted by molar-refractivity contribution is 7.25. The van der Waals surface area contributed by atoms with Crippen LogP contribution in [0.25, 0.3) is 92.6 Å². The molecule has 224 valence electrons. The summed E-state index contributed by atoms with van der Waals surface area (Å²) in [6.07, 6.45) is 0. The van der Waals surface area contributed by atoms with E-state index in [1.807, 2.05) is 18.2 Å². The van der Waals surface area contributed by atoms with Crippen LogP contribution in [0.2, 0.25) is 0 Å². The highest BCUT2D eigenvalue weighted by Crippen LogP contribution is 2.40. The fraction of sp³-hybridized carbons (Fsp3) is 0. The minimum atomic E-state index is 0.642. The molecule has 0 unspecified atom stereocenters. The van der Waals surface area contributed by atoms with Gasteiger partial charge >= 0.3 is 0 Å². The number of hydrogen-bond acceptors (Lipinski definition) is 4. The van der Waals surface area contributed by atoms with E-state index in [2.05, 4.69) is 144 Å². The number of nitrogens with zero attached hydrogens (tertiary/aromatic N) is 4. The Bertz CT molecular complexity index is 2850. The fourth-order valence-electron chi connectivity index (χ4n) is 7.10. The molecule has 0 aliphatic carbocycles. The summed E-state index contributed by atoms with van der Waals surface area (Å²) in [6.45, 7) is 0. The highest BCUT2D eigenvalue weighted by Gasteiger charge is 2.19. The Morgan fingerprint density at radius 1 is 0.417 bits per heavy atom. The summed E-state index contributed by atoms with van der Waals surface area (Å²) in [6, 6.07) is 55.5. The summed E-state index contributed by atoms with van der Waals surface area (Å²) < 4.78 is 4.83. The molecule has 0 fully saturated rings. The molecule has 0 bridgehead atoms. The summed E-state index contributed by atoms with van der Waals surface area (Å²) in [5, 5.41) is 7.39. The zero-order chi connectivity index (χ0) is 31.6. The Hall–Kier alpha value is -6.17. The summed E-state index contributed by atoms with van der Waals surface area (Å²) in [7, 11) is 0. The SMILES string of the molecule is c1ccc(-c2nc(-c3cccc(-n4c5ccccc5c5c6ccccc6ccc54)c3)nc(-c3cccc4sc5ccccc5c34)n2)cc1. The van der Waals surface area contributed by atoms with Gasteiger partial charge in [0.1, 0.15) is 0 Å². The molecule has 4 nitrogen and oxygen atoms in total. The molecule has 0 spiro atoms. The molecule has 0 radical (unpaired) electrons. The standard InChI is InChI=1S/C43H26N4S/c1-2-13-28(14-3-1)41-44-42(46-43(45-41)34-20-11-23-38-40(34)33-19-7-9-22-37(33)48-38)29-15-10-16-30(26-29)47-35-21-8-6-18-32(35)39-31-17-5-4-12-27(31)24-25-36(39)47/h1-26H. The van der Waals surface area contributed by atoms with Gasteiger partial charge in [-0.15, -0.1) is 11.3 Å². The van der Waals surface area contributed by atoms with E-state index in [4.69, 9.17) is 15.0 Å². The van der Waals surface area contributed by atoms with Crippen molar-refractivity contribution in [3.05, 3.63) is 158 Å². The quantitative estimate of drug-likeness (QED) is 0.194. The van der Waals surface area contributed by atoms with Crippen LogP contribution in [0, 0.1) is 0 Å². The van der Waals surface area contributed by atoms with E-state index in [1.54, 1.807) is 11.3 Å². The van der Waals surface area contributed by atoms with Gasteiger partial charge in [0.2, 0.25) is 0 Å². The third kappa shape index (κ3) is 4.18. The third-order valence-electron chi connectivity index (χ3n) is 9.24. The number of hydrogen-bond donors (Lipinski definition) is 0. The van der Waals surface area contributed by atoms with Gasteiger partial charge in [0.05, 0.1) is 11.0 Å². The Labute approximate surface area is 280 Å². The number of aromatic nitrogens is 4. The smallest absolute Gasteiger partial charge is 0.164 e. The summed E-state index contributed by atoms with van der Waals surface area (Å²) in [5.41, 5.74) is 6.29. The molecule has 7 aromatic carbocycles. The lowest BCUT2D eigenvalue weighted by atomic mass is 10.0. The van der Waals surface area contributed by atoms with Crippen molar-refractivity contribution in [1.82, 2.24) is 19.5 Å². The van der Waals surface area contributed by atoms with Crippen LogP contribution in [0.4, 0.5) is 0 Å². The van der Waals surface area contributed by atoms with Crippen LogP contribution in [-0.2, 0) is 0 Å². The van der Waals surface area contributed by atoms with E-state index in [-0.39, 0.29) is 0 Å². The normalized spacial score (nSPS) is 11.8. The summed E-state index contributed by atoms with van der Waals surface area (Å²) >= 11 is 1.80. The van der Waals surface area contributed by atoms with Crippen LogP contribution in [0.5, 0.6) is 0 Å². The van der Waals surface area contributed by atoms with Crippen molar-refractivity contribution >= 4 is 64.1 Å². The molecule has 10 aromatic rings. The molecular weight excluding hydrogens is 605 g/mol. The first kappa shape index (κ1) is 27.0. The maximum absolute atomic E-state index is 5.20. The molecule has 3 heterocycles. The van der Waals surface area contributed by atoms with Crippen molar-refractivity contribution in [3.63, 3.8) is 0 Å². The first-order valence-electron chi connectivity index (χ1n) is 16.0. The van der Waals surface area contributed by atoms with E-state index in [0.717, 1.165) is 22.4 Å². The van der Waals surface area contributed by atoms with Crippen molar-refractivity contribution in [2.45, 2.75) is 0 Å². The van der Waals surface area contributed by atoms with Crippen molar-refractivity contribution in [3.8, 4) is 39.9 Å². The Kier molecular flexibility index (Phi) is 6.01.